The highest BCUT2D eigenvalue weighted by molar-refractivity contribution is 5.30. The Balaban J connectivity index is 1.35. The molecule has 1 aliphatic heterocycles. The Morgan fingerprint density at radius 2 is 1.72 bits per heavy atom. The van der Waals surface area contributed by atoms with E-state index in [4.69, 9.17) is 0 Å². The number of aliphatic hydroxyl groups excluding tert-OH is 1. The van der Waals surface area contributed by atoms with Gasteiger partial charge in [-0.05, 0) is 56.3 Å². The van der Waals surface area contributed by atoms with Crippen molar-refractivity contribution in [2.45, 2.75) is 38.6 Å². The van der Waals surface area contributed by atoms with E-state index in [-0.39, 0.29) is 12.0 Å². The van der Waals surface area contributed by atoms with E-state index in [0.29, 0.717) is 0 Å². The lowest BCUT2D eigenvalue weighted by molar-refractivity contribution is 0.0208. The zero-order chi connectivity index (χ0) is 19.9. The summed E-state index contributed by atoms with van der Waals surface area (Å²) < 4.78 is 1.94. The molecule has 29 heavy (non-hydrogen) atoms. The zero-order valence-electron chi connectivity index (χ0n) is 17.1. The molecule has 0 saturated carbocycles. The second kappa shape index (κ2) is 9.38. The SMILES string of the molecule is OC[C@@]1(CCCc2ccccc2)CCCN(Cc2cnn(-c3ccccc3)c2)C1. The van der Waals surface area contributed by atoms with Crippen LogP contribution in [0.1, 0.15) is 36.8 Å². The summed E-state index contributed by atoms with van der Waals surface area (Å²) in [5, 5.41) is 14.8. The van der Waals surface area contributed by atoms with E-state index >= 15 is 0 Å². The summed E-state index contributed by atoms with van der Waals surface area (Å²) in [6.07, 6.45) is 9.67. The minimum atomic E-state index is 0.0302. The number of aromatic nitrogens is 2. The van der Waals surface area contributed by atoms with Crippen molar-refractivity contribution in [3.8, 4) is 5.69 Å². The monoisotopic (exact) mass is 389 g/mol. The van der Waals surface area contributed by atoms with Gasteiger partial charge in [0.2, 0.25) is 0 Å². The molecule has 152 valence electrons. The first-order valence-corrected chi connectivity index (χ1v) is 10.7. The van der Waals surface area contributed by atoms with Crippen molar-refractivity contribution < 1.29 is 5.11 Å². The summed E-state index contributed by atoms with van der Waals surface area (Å²) in [6.45, 7) is 3.24. The van der Waals surface area contributed by atoms with Crippen LogP contribution in [0, 0.1) is 5.41 Å². The average Bonchev–Trinajstić information content (AvgIpc) is 3.24. The fourth-order valence-corrected chi connectivity index (χ4v) is 4.59. The highest BCUT2D eigenvalue weighted by Crippen LogP contribution is 2.35. The van der Waals surface area contributed by atoms with Crippen LogP contribution in [0.3, 0.4) is 0 Å². The van der Waals surface area contributed by atoms with Gasteiger partial charge in [-0.2, -0.15) is 5.10 Å². The quantitative estimate of drug-likeness (QED) is 0.618. The summed E-state index contributed by atoms with van der Waals surface area (Å²) in [5.41, 5.74) is 3.74. The molecule has 4 heteroatoms. The predicted molar refractivity (Wildman–Crippen MR) is 117 cm³/mol. The van der Waals surface area contributed by atoms with Gasteiger partial charge in [-0.25, -0.2) is 4.68 Å². The van der Waals surface area contributed by atoms with E-state index in [1.54, 1.807) is 0 Å². The average molecular weight is 390 g/mol. The molecular formula is C25H31N3O. The van der Waals surface area contributed by atoms with Crippen molar-refractivity contribution in [2.24, 2.45) is 5.41 Å². The Hall–Kier alpha value is -2.43. The molecule has 1 N–H and O–H groups in total. The van der Waals surface area contributed by atoms with E-state index in [0.717, 1.165) is 57.4 Å². The van der Waals surface area contributed by atoms with Crippen molar-refractivity contribution in [3.05, 3.63) is 84.2 Å². The van der Waals surface area contributed by atoms with Crippen LogP contribution in [0.2, 0.25) is 0 Å². The Bertz CT molecular complexity index is 877. The molecule has 3 aromatic rings. The van der Waals surface area contributed by atoms with Crippen molar-refractivity contribution in [2.75, 3.05) is 19.7 Å². The molecule has 1 saturated heterocycles. The first kappa shape index (κ1) is 19.9. The molecular weight excluding hydrogens is 358 g/mol. The number of likely N-dealkylation sites (tertiary alicyclic amines) is 1. The van der Waals surface area contributed by atoms with E-state index in [9.17, 15) is 5.11 Å². The fraction of sp³-hybridized carbons (Fsp3) is 0.400. The van der Waals surface area contributed by atoms with Gasteiger partial charge in [0.25, 0.3) is 0 Å². The van der Waals surface area contributed by atoms with Gasteiger partial charge in [0, 0.05) is 36.9 Å². The summed E-state index contributed by atoms with van der Waals surface area (Å²) in [5.74, 6) is 0. The smallest absolute Gasteiger partial charge is 0.0645 e. The molecule has 1 aliphatic rings. The second-order valence-electron chi connectivity index (χ2n) is 8.44. The molecule has 1 atom stereocenters. The van der Waals surface area contributed by atoms with Gasteiger partial charge >= 0.3 is 0 Å². The van der Waals surface area contributed by atoms with E-state index < -0.39 is 0 Å². The van der Waals surface area contributed by atoms with Gasteiger partial charge in [0.05, 0.1) is 11.9 Å². The second-order valence-corrected chi connectivity index (χ2v) is 8.44. The van der Waals surface area contributed by atoms with Crippen LogP contribution >= 0.6 is 0 Å². The van der Waals surface area contributed by atoms with Gasteiger partial charge in [-0.3, -0.25) is 4.90 Å². The van der Waals surface area contributed by atoms with Crippen molar-refractivity contribution >= 4 is 0 Å². The largest absolute Gasteiger partial charge is 0.396 e. The van der Waals surface area contributed by atoms with Gasteiger partial charge in [-0.1, -0.05) is 48.5 Å². The predicted octanol–water partition coefficient (Wildman–Crippen LogP) is 4.47. The number of para-hydroxylation sites is 1. The number of aryl methyl sites for hydroxylation is 1. The highest BCUT2D eigenvalue weighted by atomic mass is 16.3. The maximum absolute atomic E-state index is 10.2. The number of piperidine rings is 1. The molecule has 0 spiro atoms. The Kier molecular flexibility index (Phi) is 6.43. The summed E-state index contributed by atoms with van der Waals surface area (Å²) >= 11 is 0. The first-order chi connectivity index (χ1) is 14.3. The van der Waals surface area contributed by atoms with Crippen LogP contribution in [-0.2, 0) is 13.0 Å². The topological polar surface area (TPSA) is 41.3 Å². The van der Waals surface area contributed by atoms with Crippen LogP contribution in [0.5, 0.6) is 0 Å². The fourth-order valence-electron chi connectivity index (χ4n) is 4.59. The Labute approximate surface area is 173 Å². The third-order valence-corrected chi connectivity index (χ3v) is 6.15. The molecule has 0 bridgehead atoms. The Morgan fingerprint density at radius 3 is 2.48 bits per heavy atom. The lowest BCUT2D eigenvalue weighted by atomic mass is 9.76. The van der Waals surface area contributed by atoms with Gasteiger partial charge < -0.3 is 5.11 Å². The molecule has 0 amide bonds. The lowest BCUT2D eigenvalue weighted by Gasteiger charge is -2.42. The molecule has 0 unspecified atom stereocenters. The lowest BCUT2D eigenvalue weighted by Crippen LogP contribution is -2.45. The zero-order valence-corrected chi connectivity index (χ0v) is 17.1. The maximum Gasteiger partial charge on any atom is 0.0645 e. The number of benzene rings is 2. The van der Waals surface area contributed by atoms with Gasteiger partial charge in [0.15, 0.2) is 0 Å². The van der Waals surface area contributed by atoms with E-state index in [1.165, 1.54) is 11.1 Å². The highest BCUT2D eigenvalue weighted by Gasteiger charge is 2.34. The van der Waals surface area contributed by atoms with Gasteiger partial charge in [-0.15, -0.1) is 0 Å². The van der Waals surface area contributed by atoms with Gasteiger partial charge in [0.1, 0.15) is 0 Å². The molecule has 1 fully saturated rings. The van der Waals surface area contributed by atoms with E-state index in [1.807, 2.05) is 29.1 Å². The molecule has 0 aliphatic carbocycles. The molecule has 4 rings (SSSR count). The summed E-state index contributed by atoms with van der Waals surface area (Å²) in [7, 11) is 0. The van der Waals surface area contributed by atoms with Crippen LogP contribution in [-0.4, -0.2) is 39.5 Å². The number of nitrogens with zero attached hydrogens (tertiary/aromatic N) is 3. The molecule has 2 aromatic carbocycles. The third-order valence-electron chi connectivity index (χ3n) is 6.15. The minimum Gasteiger partial charge on any atom is -0.396 e. The summed E-state index contributed by atoms with van der Waals surface area (Å²) in [6, 6.07) is 20.9. The normalized spacial score (nSPS) is 20.0. The molecule has 4 nitrogen and oxygen atoms in total. The van der Waals surface area contributed by atoms with E-state index in [2.05, 4.69) is 58.7 Å². The molecule has 0 radical (unpaired) electrons. The number of hydrogen-bond acceptors (Lipinski definition) is 3. The number of aliphatic hydroxyl groups is 1. The van der Waals surface area contributed by atoms with Crippen molar-refractivity contribution in [1.29, 1.82) is 0 Å². The number of rotatable bonds is 8. The maximum atomic E-state index is 10.2. The minimum absolute atomic E-state index is 0.0302. The Morgan fingerprint density at radius 1 is 0.966 bits per heavy atom. The third kappa shape index (κ3) is 5.14. The van der Waals surface area contributed by atoms with Crippen LogP contribution < -0.4 is 0 Å². The van der Waals surface area contributed by atoms with Crippen LogP contribution in [0.15, 0.2) is 73.1 Å². The standard InChI is InChI=1S/C25H31N3O/c29-21-25(14-7-11-22-9-3-1-4-10-22)15-8-16-27(20-25)18-23-17-26-28(19-23)24-12-5-2-6-13-24/h1-6,9-10,12-13,17,19,29H,7-8,11,14-16,18,20-21H2/t25-/m0/s1. The first-order valence-electron chi connectivity index (χ1n) is 10.7. The molecule has 1 aromatic heterocycles. The van der Waals surface area contributed by atoms with Crippen LogP contribution in [0.25, 0.3) is 5.69 Å². The van der Waals surface area contributed by atoms with Crippen molar-refractivity contribution in [3.63, 3.8) is 0 Å². The van der Waals surface area contributed by atoms with Crippen molar-refractivity contribution in [1.82, 2.24) is 14.7 Å². The number of hydrogen-bond donors (Lipinski definition) is 1. The van der Waals surface area contributed by atoms with Crippen LogP contribution in [0.4, 0.5) is 0 Å². The summed E-state index contributed by atoms with van der Waals surface area (Å²) in [4.78, 5) is 2.49. The molecule has 2 heterocycles.